The number of carbonyl (C=O) groups excluding carboxylic acids is 3. The summed E-state index contributed by atoms with van der Waals surface area (Å²) in [6, 6.07) is -0.832. The van der Waals surface area contributed by atoms with Crippen molar-refractivity contribution in [2.45, 2.75) is 108 Å². The lowest BCUT2D eigenvalue weighted by Gasteiger charge is -2.45. The lowest BCUT2D eigenvalue weighted by atomic mass is 9.70. The predicted octanol–water partition coefficient (Wildman–Crippen LogP) is 4.08. The van der Waals surface area contributed by atoms with Gasteiger partial charge in [-0.3, -0.25) is 14.4 Å². The Labute approximate surface area is 236 Å². The van der Waals surface area contributed by atoms with E-state index < -0.39 is 41.1 Å². The van der Waals surface area contributed by atoms with Crippen molar-refractivity contribution < 1.29 is 29.0 Å². The smallest absolute Gasteiger partial charge is 0.312 e. The number of aliphatic hydroxyl groups excluding tert-OH is 1. The number of carbonyl (C=O) groups is 3. The lowest BCUT2D eigenvalue weighted by Crippen LogP contribution is -2.61. The van der Waals surface area contributed by atoms with Gasteiger partial charge in [0.25, 0.3) is 0 Å². The van der Waals surface area contributed by atoms with Crippen molar-refractivity contribution in [2.75, 3.05) is 26.3 Å². The Balaban J connectivity index is 2.03. The van der Waals surface area contributed by atoms with Gasteiger partial charge in [-0.15, -0.1) is 6.58 Å². The van der Waals surface area contributed by atoms with Gasteiger partial charge in [0.15, 0.2) is 0 Å². The number of amides is 2. The van der Waals surface area contributed by atoms with Crippen molar-refractivity contribution in [1.82, 2.24) is 9.80 Å². The monoisotopic (exact) mass is 598 g/mol. The van der Waals surface area contributed by atoms with Gasteiger partial charge in [0, 0.05) is 30.1 Å². The molecule has 0 aliphatic carbocycles. The van der Waals surface area contributed by atoms with Crippen LogP contribution in [0.3, 0.4) is 0 Å². The second-order valence-electron chi connectivity index (χ2n) is 12.9. The molecule has 3 heterocycles. The van der Waals surface area contributed by atoms with E-state index in [-0.39, 0.29) is 35.3 Å². The number of rotatable bonds is 13. The van der Waals surface area contributed by atoms with E-state index in [1.165, 1.54) is 0 Å². The topological polar surface area (TPSA) is 96.4 Å². The summed E-state index contributed by atoms with van der Waals surface area (Å²) in [5.41, 5.74) is -1.62. The Morgan fingerprint density at radius 2 is 1.89 bits per heavy atom. The molecule has 0 aromatic carbocycles. The molecule has 3 saturated heterocycles. The van der Waals surface area contributed by atoms with Crippen molar-refractivity contribution in [3.05, 3.63) is 12.7 Å². The molecule has 2 bridgehead atoms. The first kappa shape index (κ1) is 31.1. The average molecular weight is 600 g/mol. The molecule has 3 unspecified atom stereocenters. The number of alkyl halides is 1. The number of ether oxygens (including phenoxy) is 2. The third-order valence-corrected chi connectivity index (χ3v) is 9.01. The number of fused-ring (bicyclic) bond motifs is 1. The van der Waals surface area contributed by atoms with Crippen LogP contribution in [0, 0.1) is 17.3 Å². The standard InChI is InChI=1S/C29H47BrN2O6/c1-8-14-32(28(6,7)18-27(3,4)5)25(35)23-29-17-19(30)22(38-29)20(26(36)37-9-2)21(29)24(34)31(23)15-12-10-11-13-16-33/h8,19-23,33H,1,9-18H2,2-7H3/t19?,20-,21+,22-,23?,29?/m1/s1. The van der Waals surface area contributed by atoms with Crippen LogP contribution in [0.2, 0.25) is 0 Å². The van der Waals surface area contributed by atoms with Gasteiger partial charge in [-0.1, -0.05) is 55.6 Å². The van der Waals surface area contributed by atoms with Gasteiger partial charge in [0.05, 0.1) is 24.5 Å². The molecule has 0 aromatic rings. The summed E-state index contributed by atoms with van der Waals surface area (Å²) in [6.45, 7) is 17.3. The van der Waals surface area contributed by atoms with Crippen LogP contribution >= 0.6 is 15.9 Å². The van der Waals surface area contributed by atoms with Gasteiger partial charge < -0.3 is 24.4 Å². The van der Waals surface area contributed by atoms with Gasteiger partial charge in [-0.05, 0) is 51.9 Å². The van der Waals surface area contributed by atoms with Gasteiger partial charge in [-0.25, -0.2) is 0 Å². The molecule has 38 heavy (non-hydrogen) atoms. The minimum atomic E-state index is -1.09. The summed E-state index contributed by atoms with van der Waals surface area (Å²) in [7, 11) is 0. The maximum Gasteiger partial charge on any atom is 0.312 e. The maximum atomic E-state index is 14.6. The maximum absolute atomic E-state index is 14.6. The molecular formula is C29H47BrN2O6. The predicted molar refractivity (Wildman–Crippen MR) is 150 cm³/mol. The highest BCUT2D eigenvalue weighted by Gasteiger charge is 2.77. The van der Waals surface area contributed by atoms with Crippen molar-refractivity contribution in [3.63, 3.8) is 0 Å². The minimum absolute atomic E-state index is 0.0276. The highest BCUT2D eigenvalue weighted by Crippen LogP contribution is 2.60. The highest BCUT2D eigenvalue weighted by atomic mass is 79.9. The zero-order chi connectivity index (χ0) is 28.5. The molecule has 3 rings (SSSR count). The quantitative estimate of drug-likeness (QED) is 0.148. The Kier molecular flexibility index (Phi) is 9.79. The van der Waals surface area contributed by atoms with Gasteiger partial charge in [0.2, 0.25) is 11.8 Å². The molecule has 3 fully saturated rings. The summed E-state index contributed by atoms with van der Waals surface area (Å²) in [4.78, 5) is 45.2. The first-order valence-electron chi connectivity index (χ1n) is 14.1. The van der Waals surface area contributed by atoms with Gasteiger partial charge >= 0.3 is 5.97 Å². The first-order valence-corrected chi connectivity index (χ1v) is 15.0. The number of aliphatic hydroxyl groups is 1. The molecule has 1 N–H and O–H groups in total. The summed E-state index contributed by atoms with van der Waals surface area (Å²) in [5, 5.41) is 9.14. The van der Waals surface area contributed by atoms with Crippen LogP contribution in [-0.2, 0) is 23.9 Å². The molecule has 0 radical (unpaired) electrons. The van der Waals surface area contributed by atoms with E-state index in [1.54, 1.807) is 17.9 Å². The largest absolute Gasteiger partial charge is 0.466 e. The fourth-order valence-electron chi connectivity index (χ4n) is 7.21. The molecule has 3 aliphatic rings. The van der Waals surface area contributed by atoms with Crippen LogP contribution in [0.15, 0.2) is 12.7 Å². The molecule has 2 amide bonds. The summed E-state index contributed by atoms with van der Waals surface area (Å²) < 4.78 is 12.0. The van der Waals surface area contributed by atoms with E-state index in [4.69, 9.17) is 14.6 Å². The van der Waals surface area contributed by atoms with Gasteiger partial charge in [0.1, 0.15) is 11.6 Å². The Morgan fingerprint density at radius 3 is 2.47 bits per heavy atom. The molecule has 216 valence electrons. The molecular weight excluding hydrogens is 552 g/mol. The fourth-order valence-corrected chi connectivity index (χ4v) is 8.15. The summed E-state index contributed by atoms with van der Waals surface area (Å²) >= 11 is 3.70. The lowest BCUT2D eigenvalue weighted by molar-refractivity contribution is -0.155. The molecule has 3 aliphatic heterocycles. The van der Waals surface area contributed by atoms with Crippen LogP contribution in [-0.4, -0.2) is 87.1 Å². The molecule has 6 atom stereocenters. The van der Waals surface area contributed by atoms with Crippen LogP contribution < -0.4 is 0 Å². The van der Waals surface area contributed by atoms with Gasteiger partial charge in [-0.2, -0.15) is 0 Å². The van der Waals surface area contributed by atoms with E-state index in [1.807, 2.05) is 4.90 Å². The zero-order valence-corrected chi connectivity index (χ0v) is 25.6. The number of unbranched alkanes of at least 4 members (excludes halogenated alkanes) is 3. The average Bonchev–Trinajstić information content (AvgIpc) is 3.39. The molecule has 0 saturated carbocycles. The van der Waals surface area contributed by atoms with E-state index in [0.717, 1.165) is 19.3 Å². The minimum Gasteiger partial charge on any atom is -0.466 e. The number of hydrogen-bond donors (Lipinski definition) is 1. The van der Waals surface area contributed by atoms with Crippen LogP contribution in [0.5, 0.6) is 0 Å². The van der Waals surface area contributed by atoms with Crippen molar-refractivity contribution in [1.29, 1.82) is 0 Å². The number of hydrogen-bond acceptors (Lipinski definition) is 6. The Hall–Kier alpha value is -1.45. The molecule has 9 heteroatoms. The van der Waals surface area contributed by atoms with E-state index in [9.17, 15) is 14.4 Å². The Bertz CT molecular complexity index is 902. The molecule has 8 nitrogen and oxygen atoms in total. The fraction of sp³-hybridized carbons (Fsp3) is 0.828. The normalized spacial score (nSPS) is 30.5. The van der Waals surface area contributed by atoms with Crippen molar-refractivity contribution in [2.24, 2.45) is 17.3 Å². The Morgan fingerprint density at radius 1 is 1.24 bits per heavy atom. The second kappa shape index (κ2) is 12.0. The number of esters is 1. The van der Waals surface area contributed by atoms with E-state index in [0.29, 0.717) is 32.4 Å². The summed E-state index contributed by atoms with van der Waals surface area (Å²) in [5.74, 6) is -2.28. The van der Waals surface area contributed by atoms with Crippen LogP contribution in [0.1, 0.15) is 80.1 Å². The third kappa shape index (κ3) is 5.85. The zero-order valence-electron chi connectivity index (χ0n) is 24.0. The second-order valence-corrected chi connectivity index (χ2v) is 14.0. The van der Waals surface area contributed by atoms with Crippen molar-refractivity contribution >= 4 is 33.7 Å². The van der Waals surface area contributed by atoms with Crippen molar-refractivity contribution in [3.8, 4) is 0 Å². The summed E-state index contributed by atoms with van der Waals surface area (Å²) in [6.07, 6.45) is 5.54. The van der Waals surface area contributed by atoms with E-state index >= 15 is 0 Å². The first-order chi connectivity index (χ1) is 17.8. The highest BCUT2D eigenvalue weighted by molar-refractivity contribution is 9.09. The number of likely N-dealkylation sites (tertiary alicyclic amines) is 1. The molecule has 1 spiro atoms. The number of nitrogens with zero attached hydrogens (tertiary/aromatic N) is 2. The van der Waals surface area contributed by atoms with E-state index in [2.05, 4.69) is 57.1 Å². The van der Waals surface area contributed by atoms with Crippen LogP contribution in [0.25, 0.3) is 0 Å². The van der Waals surface area contributed by atoms with Crippen LogP contribution in [0.4, 0.5) is 0 Å². The SMILES string of the molecule is C=CCN(C(=O)C1N(CCCCCCO)C(=O)[C@@H]2[C@@H](C(=O)OCC)[C@@H]3OC12CC3Br)C(C)(C)CC(C)(C)C. The molecule has 0 aromatic heterocycles. The number of halogens is 1. The third-order valence-electron chi connectivity index (χ3n) is 8.16.